The van der Waals surface area contributed by atoms with E-state index in [1.165, 1.54) is 18.2 Å². The van der Waals surface area contributed by atoms with Gasteiger partial charge in [0.15, 0.2) is 0 Å². The first kappa shape index (κ1) is 15.2. The second-order valence-corrected chi connectivity index (χ2v) is 5.10. The van der Waals surface area contributed by atoms with Gasteiger partial charge in [0.05, 0.1) is 16.6 Å². The molecule has 7 heteroatoms. The number of carbonyl (C=O) groups is 1. The standard InChI is InChI=1S/C14H19N3O4/c1-2-13-9(5-6-21-13)8-16-14(18)11-7-10(17(19)20)3-4-12(11)15/h3-4,7,9,13H,2,5-6,8,15H2,1H3,(H,16,18). The van der Waals surface area contributed by atoms with E-state index in [1.54, 1.807) is 0 Å². The topological polar surface area (TPSA) is 107 Å². The van der Waals surface area contributed by atoms with Crippen LogP contribution < -0.4 is 11.1 Å². The number of nitrogens with zero attached hydrogens (tertiary/aromatic N) is 1. The predicted octanol–water partition coefficient (Wildman–Crippen LogP) is 1.72. The van der Waals surface area contributed by atoms with E-state index in [2.05, 4.69) is 5.32 Å². The Labute approximate surface area is 122 Å². The van der Waals surface area contributed by atoms with Crippen LogP contribution in [0.4, 0.5) is 11.4 Å². The van der Waals surface area contributed by atoms with Gasteiger partial charge in [0.25, 0.3) is 11.6 Å². The molecule has 0 saturated carbocycles. The first-order chi connectivity index (χ1) is 10.0. The summed E-state index contributed by atoms with van der Waals surface area (Å²) in [6.45, 7) is 3.24. The lowest BCUT2D eigenvalue weighted by molar-refractivity contribution is -0.384. The van der Waals surface area contributed by atoms with Crippen molar-refractivity contribution in [3.63, 3.8) is 0 Å². The van der Waals surface area contributed by atoms with Gasteiger partial charge in [-0.15, -0.1) is 0 Å². The van der Waals surface area contributed by atoms with Crippen LogP contribution >= 0.6 is 0 Å². The number of anilines is 1. The number of benzene rings is 1. The summed E-state index contributed by atoms with van der Waals surface area (Å²) in [6.07, 6.45) is 1.97. The van der Waals surface area contributed by atoms with Crippen molar-refractivity contribution in [3.8, 4) is 0 Å². The number of amides is 1. The molecule has 2 atom stereocenters. The van der Waals surface area contributed by atoms with Crippen LogP contribution in [-0.2, 0) is 4.74 Å². The van der Waals surface area contributed by atoms with Crippen molar-refractivity contribution in [2.24, 2.45) is 5.92 Å². The highest BCUT2D eigenvalue weighted by Gasteiger charge is 2.27. The summed E-state index contributed by atoms with van der Waals surface area (Å²) < 4.78 is 5.56. The lowest BCUT2D eigenvalue weighted by Crippen LogP contribution is -2.33. The number of ether oxygens (including phenoxy) is 1. The number of nitrogens with one attached hydrogen (secondary N) is 1. The molecule has 1 heterocycles. The molecule has 0 bridgehead atoms. The molecule has 2 rings (SSSR count). The molecule has 1 amide bonds. The minimum atomic E-state index is -0.547. The Morgan fingerprint density at radius 1 is 1.57 bits per heavy atom. The van der Waals surface area contributed by atoms with Crippen LogP contribution in [0.1, 0.15) is 30.1 Å². The molecule has 7 nitrogen and oxygen atoms in total. The molecule has 3 N–H and O–H groups in total. The molecular formula is C14H19N3O4. The Kier molecular flexibility index (Phi) is 4.74. The number of hydrogen-bond donors (Lipinski definition) is 2. The van der Waals surface area contributed by atoms with E-state index in [9.17, 15) is 14.9 Å². The second kappa shape index (κ2) is 6.53. The zero-order chi connectivity index (χ0) is 15.4. The first-order valence-electron chi connectivity index (χ1n) is 6.96. The third-order valence-electron chi connectivity index (χ3n) is 3.77. The van der Waals surface area contributed by atoms with Gasteiger partial charge in [-0.1, -0.05) is 6.92 Å². The van der Waals surface area contributed by atoms with E-state index in [1.807, 2.05) is 6.92 Å². The molecule has 1 aliphatic heterocycles. The van der Waals surface area contributed by atoms with Crippen LogP contribution in [0.3, 0.4) is 0 Å². The predicted molar refractivity (Wildman–Crippen MR) is 78.0 cm³/mol. The molecule has 2 unspecified atom stereocenters. The molecule has 114 valence electrons. The van der Waals surface area contributed by atoms with Crippen molar-refractivity contribution in [2.75, 3.05) is 18.9 Å². The summed E-state index contributed by atoms with van der Waals surface area (Å²) >= 11 is 0. The van der Waals surface area contributed by atoms with Crippen molar-refractivity contribution in [1.29, 1.82) is 0 Å². The molecule has 1 fully saturated rings. The summed E-state index contributed by atoms with van der Waals surface area (Å²) in [5, 5.41) is 13.5. The van der Waals surface area contributed by atoms with Crippen LogP contribution in [0.15, 0.2) is 18.2 Å². The fourth-order valence-corrected chi connectivity index (χ4v) is 2.55. The number of nitrogen functional groups attached to an aromatic ring is 1. The number of rotatable bonds is 5. The van der Waals surface area contributed by atoms with Gasteiger partial charge in [-0.3, -0.25) is 14.9 Å². The van der Waals surface area contributed by atoms with Crippen molar-refractivity contribution in [1.82, 2.24) is 5.32 Å². The van der Waals surface area contributed by atoms with Crippen molar-refractivity contribution in [3.05, 3.63) is 33.9 Å². The van der Waals surface area contributed by atoms with E-state index < -0.39 is 10.8 Å². The monoisotopic (exact) mass is 293 g/mol. The van der Waals surface area contributed by atoms with Crippen LogP contribution in [0.5, 0.6) is 0 Å². The molecule has 0 aliphatic carbocycles. The number of nitro benzene ring substituents is 1. The summed E-state index contributed by atoms with van der Waals surface area (Å²) in [6, 6.07) is 3.86. The fraction of sp³-hybridized carbons (Fsp3) is 0.500. The Balaban J connectivity index is 2.03. The Morgan fingerprint density at radius 2 is 2.33 bits per heavy atom. The van der Waals surface area contributed by atoms with Gasteiger partial charge in [-0.2, -0.15) is 0 Å². The number of nitro groups is 1. The van der Waals surface area contributed by atoms with E-state index in [0.717, 1.165) is 12.8 Å². The third-order valence-corrected chi connectivity index (χ3v) is 3.77. The number of nitrogens with two attached hydrogens (primary N) is 1. The van der Waals surface area contributed by atoms with E-state index >= 15 is 0 Å². The summed E-state index contributed by atoms with van der Waals surface area (Å²) in [5.74, 6) is -0.114. The minimum Gasteiger partial charge on any atom is -0.398 e. The summed E-state index contributed by atoms with van der Waals surface area (Å²) in [5.41, 5.74) is 5.94. The van der Waals surface area contributed by atoms with Crippen LogP contribution in [0.25, 0.3) is 0 Å². The molecule has 1 aliphatic rings. The number of non-ortho nitro benzene ring substituents is 1. The average Bonchev–Trinajstić information content (AvgIpc) is 2.92. The van der Waals surface area contributed by atoms with Crippen molar-refractivity contribution >= 4 is 17.3 Å². The van der Waals surface area contributed by atoms with Crippen molar-refractivity contribution in [2.45, 2.75) is 25.9 Å². The smallest absolute Gasteiger partial charge is 0.270 e. The van der Waals surface area contributed by atoms with Gasteiger partial charge < -0.3 is 15.8 Å². The number of carbonyl (C=O) groups excluding carboxylic acids is 1. The normalized spacial score (nSPS) is 21.2. The zero-order valence-electron chi connectivity index (χ0n) is 11.9. The lowest BCUT2D eigenvalue weighted by Gasteiger charge is -2.17. The van der Waals surface area contributed by atoms with Gasteiger partial charge >= 0.3 is 0 Å². The Hall–Kier alpha value is -2.15. The molecular weight excluding hydrogens is 274 g/mol. The van der Waals surface area contributed by atoms with Crippen molar-refractivity contribution < 1.29 is 14.5 Å². The van der Waals surface area contributed by atoms with Gasteiger partial charge in [0.2, 0.25) is 0 Å². The van der Waals surface area contributed by atoms with E-state index in [0.29, 0.717) is 13.2 Å². The van der Waals surface area contributed by atoms with Gasteiger partial charge in [-0.25, -0.2) is 0 Å². The lowest BCUT2D eigenvalue weighted by atomic mass is 9.99. The summed E-state index contributed by atoms with van der Waals surface area (Å²) in [4.78, 5) is 22.3. The molecule has 0 aromatic heterocycles. The number of hydrogen-bond acceptors (Lipinski definition) is 5. The van der Waals surface area contributed by atoms with Crippen LogP contribution in [0, 0.1) is 16.0 Å². The van der Waals surface area contributed by atoms with Gasteiger partial charge in [0, 0.05) is 36.9 Å². The van der Waals surface area contributed by atoms with Gasteiger partial charge in [-0.05, 0) is 18.9 Å². The molecule has 0 radical (unpaired) electrons. The summed E-state index contributed by atoms with van der Waals surface area (Å²) in [7, 11) is 0. The molecule has 21 heavy (non-hydrogen) atoms. The maximum absolute atomic E-state index is 12.1. The average molecular weight is 293 g/mol. The van der Waals surface area contributed by atoms with Gasteiger partial charge in [0.1, 0.15) is 0 Å². The molecule has 1 aromatic carbocycles. The van der Waals surface area contributed by atoms with E-state index in [4.69, 9.17) is 10.5 Å². The highest BCUT2D eigenvalue weighted by atomic mass is 16.6. The van der Waals surface area contributed by atoms with Crippen LogP contribution in [-0.4, -0.2) is 30.1 Å². The third kappa shape index (κ3) is 3.49. The maximum Gasteiger partial charge on any atom is 0.270 e. The SMILES string of the molecule is CCC1OCCC1CNC(=O)c1cc([N+](=O)[O-])ccc1N. The first-order valence-corrected chi connectivity index (χ1v) is 6.96. The quantitative estimate of drug-likeness (QED) is 0.488. The maximum atomic E-state index is 12.1. The fourth-order valence-electron chi connectivity index (χ4n) is 2.55. The largest absolute Gasteiger partial charge is 0.398 e. The highest BCUT2D eigenvalue weighted by Crippen LogP contribution is 2.23. The minimum absolute atomic E-state index is 0.135. The Morgan fingerprint density at radius 3 is 3.00 bits per heavy atom. The highest BCUT2D eigenvalue weighted by molar-refractivity contribution is 5.99. The zero-order valence-corrected chi connectivity index (χ0v) is 11.9. The second-order valence-electron chi connectivity index (χ2n) is 5.10. The Bertz CT molecular complexity index is 547. The molecule has 0 spiro atoms. The molecule has 1 aromatic rings. The van der Waals surface area contributed by atoms with E-state index in [-0.39, 0.29) is 29.0 Å². The van der Waals surface area contributed by atoms with Crippen LogP contribution in [0.2, 0.25) is 0 Å². The molecule has 1 saturated heterocycles.